The highest BCUT2D eigenvalue weighted by atomic mass is 32.2. The molecule has 0 saturated heterocycles. The Balaban J connectivity index is 1.40. The number of fused-ring (bicyclic) bond motifs is 2. The first kappa shape index (κ1) is 28.3. The second-order valence-corrected chi connectivity index (χ2v) is 12.7. The van der Waals surface area contributed by atoms with Crippen molar-refractivity contribution in [2.45, 2.75) is 25.1 Å². The van der Waals surface area contributed by atoms with E-state index in [1.807, 2.05) is 55.5 Å². The van der Waals surface area contributed by atoms with Gasteiger partial charge in [0, 0.05) is 40.7 Å². The molecule has 6 aromatic rings. The molecule has 0 radical (unpaired) electrons. The van der Waals surface area contributed by atoms with Crippen molar-refractivity contribution in [3.63, 3.8) is 0 Å². The van der Waals surface area contributed by atoms with Crippen LogP contribution in [-0.2, 0) is 14.6 Å². The first-order valence-electron chi connectivity index (χ1n) is 13.7. The number of benzene rings is 3. The monoisotopic (exact) mass is 596 g/mol. The minimum absolute atomic E-state index is 0.0556. The van der Waals surface area contributed by atoms with Crippen molar-refractivity contribution in [3.05, 3.63) is 90.5 Å². The van der Waals surface area contributed by atoms with Gasteiger partial charge in [-0.1, -0.05) is 25.1 Å². The van der Waals surface area contributed by atoms with Crippen LogP contribution in [0.5, 0.6) is 0 Å². The zero-order valence-electron chi connectivity index (χ0n) is 23.5. The molecule has 0 fully saturated rings. The zero-order chi connectivity index (χ0) is 30.3. The molecule has 3 aromatic heterocycles. The van der Waals surface area contributed by atoms with Crippen LogP contribution in [-0.4, -0.2) is 40.7 Å². The molecule has 1 unspecified atom stereocenters. The number of amides is 1. The molecular formula is C32H29FN6O3S. The fourth-order valence-corrected chi connectivity index (χ4v) is 5.86. The molecule has 0 aliphatic carbocycles. The van der Waals surface area contributed by atoms with Crippen molar-refractivity contribution in [3.8, 4) is 33.6 Å². The number of nitrogens with two attached hydrogens (primary N) is 1. The van der Waals surface area contributed by atoms with E-state index in [0.29, 0.717) is 23.4 Å². The zero-order valence-corrected chi connectivity index (χ0v) is 24.3. The molecule has 43 heavy (non-hydrogen) atoms. The van der Waals surface area contributed by atoms with E-state index in [9.17, 15) is 17.6 Å². The number of sulfone groups is 1. The summed E-state index contributed by atoms with van der Waals surface area (Å²) in [6.45, 7) is 1.95. The van der Waals surface area contributed by atoms with Gasteiger partial charge in [0.15, 0.2) is 9.84 Å². The predicted molar refractivity (Wildman–Crippen MR) is 167 cm³/mol. The Morgan fingerprint density at radius 2 is 1.81 bits per heavy atom. The number of aromatic nitrogens is 4. The second-order valence-electron chi connectivity index (χ2n) is 10.6. The van der Waals surface area contributed by atoms with Crippen LogP contribution in [0, 0.1) is 5.82 Å². The Morgan fingerprint density at radius 1 is 0.977 bits per heavy atom. The molecule has 11 heteroatoms. The van der Waals surface area contributed by atoms with Crippen molar-refractivity contribution < 1.29 is 17.6 Å². The minimum Gasteiger partial charge on any atom is -0.353 e. The highest BCUT2D eigenvalue weighted by molar-refractivity contribution is 7.90. The lowest BCUT2D eigenvalue weighted by atomic mass is 9.99. The Bertz CT molecular complexity index is 2120. The summed E-state index contributed by atoms with van der Waals surface area (Å²) in [7, 11) is -3.62. The van der Waals surface area contributed by atoms with E-state index in [1.54, 1.807) is 18.5 Å². The number of pyridine rings is 1. The molecule has 1 atom stereocenters. The smallest absolute Gasteiger partial charge is 0.224 e. The van der Waals surface area contributed by atoms with Crippen molar-refractivity contribution >= 4 is 43.2 Å². The Morgan fingerprint density at radius 3 is 2.60 bits per heavy atom. The lowest BCUT2D eigenvalue weighted by Crippen LogP contribution is -2.20. The van der Waals surface area contributed by atoms with Crippen LogP contribution in [0.1, 0.15) is 30.7 Å². The highest BCUT2D eigenvalue weighted by Crippen LogP contribution is 2.36. The van der Waals surface area contributed by atoms with Gasteiger partial charge in [-0.2, -0.15) is 5.10 Å². The number of hydrogen-bond donors (Lipinski definition) is 4. The fourth-order valence-electron chi connectivity index (χ4n) is 5.23. The molecule has 5 N–H and O–H groups in total. The van der Waals surface area contributed by atoms with Gasteiger partial charge in [0.1, 0.15) is 16.9 Å². The summed E-state index contributed by atoms with van der Waals surface area (Å²) in [6.07, 6.45) is 5.59. The number of carbonyl (C=O) groups is 1. The largest absolute Gasteiger partial charge is 0.353 e. The molecule has 6 rings (SSSR count). The van der Waals surface area contributed by atoms with Crippen LogP contribution in [0.3, 0.4) is 0 Å². The van der Waals surface area contributed by atoms with Gasteiger partial charge in [-0.15, -0.1) is 0 Å². The molecule has 1 amide bonds. The van der Waals surface area contributed by atoms with Gasteiger partial charge in [0.05, 0.1) is 23.1 Å². The van der Waals surface area contributed by atoms with Crippen molar-refractivity contribution in [2.24, 2.45) is 5.73 Å². The number of rotatable bonds is 8. The maximum atomic E-state index is 14.7. The first-order chi connectivity index (χ1) is 20.6. The van der Waals surface area contributed by atoms with E-state index in [4.69, 9.17) is 5.73 Å². The lowest BCUT2D eigenvalue weighted by molar-refractivity contribution is -0.116. The van der Waals surface area contributed by atoms with Crippen molar-refractivity contribution in [2.75, 3.05) is 11.6 Å². The average Bonchev–Trinajstić information content (AvgIpc) is 3.60. The molecule has 0 saturated carbocycles. The molecule has 0 aliphatic rings. The summed E-state index contributed by atoms with van der Waals surface area (Å²) in [4.78, 5) is 19.8. The van der Waals surface area contributed by atoms with Crippen LogP contribution < -0.4 is 11.1 Å². The lowest BCUT2D eigenvalue weighted by Gasteiger charge is -2.12. The second kappa shape index (κ2) is 11.1. The fraction of sp³-hybridized carbons (Fsp3) is 0.156. The van der Waals surface area contributed by atoms with E-state index in [-0.39, 0.29) is 11.5 Å². The van der Waals surface area contributed by atoms with Gasteiger partial charge in [0.25, 0.3) is 0 Å². The van der Waals surface area contributed by atoms with Gasteiger partial charge < -0.3 is 16.0 Å². The number of anilines is 1. The number of H-pyrrole nitrogens is 2. The van der Waals surface area contributed by atoms with E-state index in [1.165, 1.54) is 6.07 Å². The minimum atomic E-state index is -3.62. The molecule has 3 aromatic carbocycles. The number of nitrogens with zero attached hydrogens (tertiary/aromatic N) is 2. The summed E-state index contributed by atoms with van der Waals surface area (Å²) >= 11 is 0. The number of hydrogen-bond acceptors (Lipinski definition) is 6. The number of carbonyl (C=O) groups excluding carboxylic acids is 1. The molecule has 0 bridgehead atoms. The molecule has 0 spiro atoms. The normalized spacial score (nSPS) is 12.6. The summed E-state index contributed by atoms with van der Waals surface area (Å²) in [5.41, 5.74) is 12.8. The van der Waals surface area contributed by atoms with Crippen LogP contribution in [0.2, 0.25) is 0 Å². The molecule has 0 aliphatic heterocycles. The first-order valence-corrected chi connectivity index (χ1v) is 15.7. The maximum absolute atomic E-state index is 14.7. The highest BCUT2D eigenvalue weighted by Gasteiger charge is 2.21. The van der Waals surface area contributed by atoms with E-state index in [0.717, 1.165) is 62.9 Å². The Kier molecular flexibility index (Phi) is 7.28. The topological polar surface area (TPSA) is 147 Å². The maximum Gasteiger partial charge on any atom is 0.224 e. The third-order valence-electron chi connectivity index (χ3n) is 7.34. The van der Waals surface area contributed by atoms with Crippen LogP contribution >= 0.6 is 0 Å². The number of aromatic amines is 2. The SMILES string of the molecule is CCCC(=O)Nc1cncc(-c2ccc3[nH]nc(-c4cc5c(-c6cc(F)cc(C(N)S(C)(=O)=O)c6)cccc5[nH]4)c3c2)c1. The number of nitrogens with one attached hydrogen (secondary N) is 3. The van der Waals surface area contributed by atoms with Gasteiger partial charge >= 0.3 is 0 Å². The van der Waals surface area contributed by atoms with Crippen molar-refractivity contribution in [1.82, 2.24) is 20.2 Å². The summed E-state index contributed by atoms with van der Waals surface area (Å²) in [5, 5.41) is 10.9. The van der Waals surface area contributed by atoms with E-state index >= 15 is 0 Å². The summed E-state index contributed by atoms with van der Waals surface area (Å²) < 4.78 is 38.8. The molecular weight excluding hydrogens is 567 g/mol. The van der Waals surface area contributed by atoms with Gasteiger partial charge in [0.2, 0.25) is 5.91 Å². The van der Waals surface area contributed by atoms with Gasteiger partial charge in [-0.3, -0.25) is 14.9 Å². The van der Waals surface area contributed by atoms with Crippen molar-refractivity contribution in [1.29, 1.82) is 0 Å². The quantitative estimate of drug-likeness (QED) is 0.162. The standard InChI is InChI=1S/C32H29FN6O3S/c1-3-5-30(40)36-23-13-21(16-35-17-23)18-8-9-28-26(14-18)31(39-38-28)29-15-25-24(6-4-7-27(25)37-29)19-10-20(12-22(33)11-19)32(34)43(2,41)42/h4,6-17,32,37H,3,5,34H2,1-2H3,(H,36,40)(H,38,39). The van der Waals surface area contributed by atoms with Gasteiger partial charge in [-0.25, -0.2) is 12.8 Å². The van der Waals surface area contributed by atoms with Crippen LogP contribution in [0.15, 0.2) is 79.1 Å². The Labute approximate surface area is 247 Å². The summed E-state index contributed by atoms with van der Waals surface area (Å²) in [6, 6.07) is 19.5. The third kappa shape index (κ3) is 5.64. The molecule has 3 heterocycles. The van der Waals surface area contributed by atoms with Crippen LogP contribution in [0.4, 0.5) is 10.1 Å². The molecule has 218 valence electrons. The third-order valence-corrected chi connectivity index (χ3v) is 8.53. The Hall–Kier alpha value is -4.87. The van der Waals surface area contributed by atoms with E-state index < -0.39 is 21.0 Å². The summed E-state index contributed by atoms with van der Waals surface area (Å²) in [5.74, 6) is -0.631. The molecule has 9 nitrogen and oxygen atoms in total. The predicted octanol–water partition coefficient (Wildman–Crippen LogP) is 6.32. The van der Waals surface area contributed by atoms with Gasteiger partial charge in [-0.05, 0) is 77.2 Å². The number of halogens is 1. The average molecular weight is 597 g/mol. The van der Waals surface area contributed by atoms with E-state index in [2.05, 4.69) is 25.5 Å². The van der Waals surface area contributed by atoms with Crippen LogP contribution in [0.25, 0.3) is 55.4 Å².